The summed E-state index contributed by atoms with van der Waals surface area (Å²) in [6.07, 6.45) is 5.46. The Balaban J connectivity index is 1.67. The van der Waals surface area contributed by atoms with Crippen molar-refractivity contribution in [2.75, 3.05) is 0 Å². The molecule has 29 heavy (non-hydrogen) atoms. The van der Waals surface area contributed by atoms with Crippen molar-refractivity contribution in [2.45, 2.75) is 104 Å². The van der Waals surface area contributed by atoms with Crippen molar-refractivity contribution in [3.63, 3.8) is 0 Å². The smallest absolute Gasteiger partial charge is 0.304 e. The van der Waals surface area contributed by atoms with E-state index in [9.17, 15) is 9.59 Å². The van der Waals surface area contributed by atoms with Gasteiger partial charge in [-0.05, 0) is 55.8 Å². The van der Waals surface area contributed by atoms with Crippen molar-refractivity contribution < 1.29 is 28.5 Å². The van der Waals surface area contributed by atoms with Gasteiger partial charge in [-0.3, -0.25) is 9.59 Å². The Morgan fingerprint density at radius 3 is 2.14 bits per heavy atom. The summed E-state index contributed by atoms with van der Waals surface area (Å²) in [7, 11) is 0. The van der Waals surface area contributed by atoms with Gasteiger partial charge < -0.3 is 18.9 Å². The van der Waals surface area contributed by atoms with E-state index in [1.54, 1.807) is 0 Å². The molecule has 1 spiro atoms. The lowest BCUT2D eigenvalue weighted by atomic mass is 9.51. The predicted molar refractivity (Wildman–Crippen MR) is 106 cm³/mol. The van der Waals surface area contributed by atoms with Crippen LogP contribution in [0.15, 0.2) is 0 Å². The Labute approximate surface area is 174 Å². The zero-order chi connectivity index (χ0) is 21.2. The Kier molecular flexibility index (Phi) is 5.05. The van der Waals surface area contributed by atoms with E-state index < -0.39 is 12.6 Å². The van der Waals surface area contributed by atoms with Gasteiger partial charge in [-0.1, -0.05) is 27.2 Å². The molecule has 6 heteroatoms. The van der Waals surface area contributed by atoms with Crippen molar-refractivity contribution >= 4 is 11.9 Å². The molecule has 0 aromatic heterocycles. The zero-order valence-corrected chi connectivity index (χ0v) is 18.7. The highest BCUT2D eigenvalue weighted by Crippen LogP contribution is 2.67. The molecule has 0 bridgehead atoms. The first-order valence-electron chi connectivity index (χ1n) is 11.2. The SMILES string of the molecule is CC(=O)O[C@@H]1O[C@H](OC(C)=O)[C@@H]2[C@H]1CC[C@H](C1(C)CCCC(C)(C)C1)[C@]21O[C@H]1C. The van der Waals surface area contributed by atoms with Gasteiger partial charge in [0.1, 0.15) is 5.60 Å². The van der Waals surface area contributed by atoms with E-state index in [4.69, 9.17) is 18.9 Å². The quantitative estimate of drug-likeness (QED) is 0.515. The average molecular weight is 409 g/mol. The van der Waals surface area contributed by atoms with E-state index in [-0.39, 0.29) is 40.9 Å². The van der Waals surface area contributed by atoms with Crippen LogP contribution >= 0.6 is 0 Å². The van der Waals surface area contributed by atoms with Crippen LogP contribution in [0, 0.1) is 28.6 Å². The van der Waals surface area contributed by atoms with Gasteiger partial charge in [0.25, 0.3) is 0 Å². The summed E-state index contributed by atoms with van der Waals surface area (Å²) in [6, 6.07) is 0. The largest absolute Gasteiger partial charge is 0.435 e. The second-order valence-corrected chi connectivity index (χ2v) is 10.9. The zero-order valence-electron chi connectivity index (χ0n) is 18.7. The molecule has 0 radical (unpaired) electrons. The Morgan fingerprint density at radius 2 is 1.59 bits per heavy atom. The molecule has 2 saturated carbocycles. The van der Waals surface area contributed by atoms with Crippen LogP contribution in [0.4, 0.5) is 0 Å². The lowest BCUT2D eigenvalue weighted by Crippen LogP contribution is -2.54. The second-order valence-electron chi connectivity index (χ2n) is 10.9. The summed E-state index contributed by atoms with van der Waals surface area (Å²) in [4.78, 5) is 23.4. The minimum absolute atomic E-state index is 0.00958. The van der Waals surface area contributed by atoms with Crippen molar-refractivity contribution in [2.24, 2.45) is 28.6 Å². The van der Waals surface area contributed by atoms with Crippen molar-refractivity contribution in [3.8, 4) is 0 Å². The van der Waals surface area contributed by atoms with Crippen LogP contribution in [0.5, 0.6) is 0 Å². The van der Waals surface area contributed by atoms with Gasteiger partial charge in [-0.2, -0.15) is 0 Å². The highest BCUT2D eigenvalue weighted by Gasteiger charge is 2.75. The third kappa shape index (κ3) is 3.50. The number of ether oxygens (including phenoxy) is 4. The maximum atomic E-state index is 11.8. The van der Waals surface area contributed by atoms with Gasteiger partial charge in [-0.15, -0.1) is 0 Å². The number of fused-ring (bicyclic) bond motifs is 2. The molecule has 2 aliphatic carbocycles. The fraction of sp³-hybridized carbons (Fsp3) is 0.913. The van der Waals surface area contributed by atoms with E-state index in [1.165, 1.54) is 39.5 Å². The molecule has 0 amide bonds. The van der Waals surface area contributed by atoms with Crippen LogP contribution in [0.25, 0.3) is 0 Å². The highest BCUT2D eigenvalue weighted by atomic mass is 16.8. The first-order chi connectivity index (χ1) is 13.5. The lowest BCUT2D eigenvalue weighted by Gasteiger charge is -2.53. The molecule has 4 aliphatic rings. The van der Waals surface area contributed by atoms with Crippen LogP contribution in [0.1, 0.15) is 80.1 Å². The summed E-state index contributed by atoms with van der Waals surface area (Å²) in [5, 5.41) is 0. The summed E-state index contributed by atoms with van der Waals surface area (Å²) in [5.41, 5.74) is 0.128. The first-order valence-corrected chi connectivity index (χ1v) is 11.2. The fourth-order valence-electron chi connectivity index (χ4n) is 7.33. The number of epoxide rings is 1. The van der Waals surface area contributed by atoms with Crippen LogP contribution in [-0.4, -0.2) is 36.2 Å². The Bertz CT molecular complexity index is 689. The molecule has 6 nitrogen and oxygen atoms in total. The van der Waals surface area contributed by atoms with E-state index in [0.717, 1.165) is 12.8 Å². The summed E-state index contributed by atoms with van der Waals surface area (Å²) in [6.45, 7) is 12.1. The maximum absolute atomic E-state index is 11.8. The molecule has 0 N–H and O–H groups in total. The van der Waals surface area contributed by atoms with E-state index in [0.29, 0.717) is 11.3 Å². The van der Waals surface area contributed by atoms with Gasteiger partial charge in [0, 0.05) is 19.8 Å². The lowest BCUT2D eigenvalue weighted by molar-refractivity contribution is -0.216. The maximum Gasteiger partial charge on any atom is 0.304 e. The van der Waals surface area contributed by atoms with Crippen molar-refractivity contribution in [1.82, 2.24) is 0 Å². The summed E-state index contributed by atoms with van der Waals surface area (Å²) >= 11 is 0. The van der Waals surface area contributed by atoms with E-state index in [2.05, 4.69) is 27.7 Å². The van der Waals surface area contributed by atoms with E-state index >= 15 is 0 Å². The Morgan fingerprint density at radius 1 is 0.966 bits per heavy atom. The predicted octanol–water partition coefficient (Wildman–Crippen LogP) is 4.20. The molecule has 0 aromatic rings. The standard InChI is InChI=1S/C23H36O6/c1-13-23(29-13)17(22(6)11-7-10-21(4,5)12-22)9-8-16-18(23)20(27-15(3)25)28-19(16)26-14(2)24/h13,16-20H,7-12H2,1-6H3/t13-,16+,17+,18-,19+,20-,22?,23-/m0/s1. The molecular formula is C23H36O6. The number of hydrogen-bond acceptors (Lipinski definition) is 6. The van der Waals surface area contributed by atoms with Gasteiger partial charge >= 0.3 is 11.9 Å². The molecule has 2 aliphatic heterocycles. The fourth-order valence-corrected chi connectivity index (χ4v) is 7.33. The van der Waals surface area contributed by atoms with Crippen LogP contribution in [0.2, 0.25) is 0 Å². The molecule has 8 atom stereocenters. The molecule has 0 aromatic carbocycles. The number of carbonyl (C=O) groups is 2. The first kappa shape index (κ1) is 21.1. The number of esters is 2. The van der Waals surface area contributed by atoms with Crippen LogP contribution in [0.3, 0.4) is 0 Å². The number of rotatable bonds is 3. The second kappa shape index (κ2) is 6.94. The summed E-state index contributed by atoms with van der Waals surface area (Å²) in [5.74, 6) is -0.494. The highest BCUT2D eigenvalue weighted by molar-refractivity contribution is 5.66. The summed E-state index contributed by atoms with van der Waals surface area (Å²) < 4.78 is 23.5. The number of carbonyl (C=O) groups excluding carboxylic acids is 2. The number of hydrogen-bond donors (Lipinski definition) is 0. The molecular weight excluding hydrogens is 372 g/mol. The topological polar surface area (TPSA) is 74.4 Å². The van der Waals surface area contributed by atoms with Crippen molar-refractivity contribution in [3.05, 3.63) is 0 Å². The monoisotopic (exact) mass is 408 g/mol. The molecule has 164 valence electrons. The van der Waals surface area contributed by atoms with Crippen LogP contribution < -0.4 is 0 Å². The minimum atomic E-state index is -0.727. The molecule has 4 fully saturated rings. The molecule has 1 unspecified atom stereocenters. The van der Waals surface area contributed by atoms with Crippen molar-refractivity contribution in [1.29, 1.82) is 0 Å². The molecule has 2 saturated heterocycles. The van der Waals surface area contributed by atoms with Gasteiger partial charge in [0.05, 0.1) is 12.0 Å². The average Bonchev–Trinajstić information content (AvgIpc) is 3.07. The van der Waals surface area contributed by atoms with Gasteiger partial charge in [0.15, 0.2) is 0 Å². The normalized spacial score (nSPS) is 48.1. The third-order valence-electron chi connectivity index (χ3n) is 8.07. The molecule has 2 heterocycles. The minimum Gasteiger partial charge on any atom is -0.435 e. The van der Waals surface area contributed by atoms with Gasteiger partial charge in [0.2, 0.25) is 12.6 Å². The van der Waals surface area contributed by atoms with Crippen LogP contribution in [-0.2, 0) is 28.5 Å². The molecule has 4 rings (SSSR count). The Hall–Kier alpha value is -1.14. The van der Waals surface area contributed by atoms with E-state index in [1.807, 2.05) is 0 Å². The van der Waals surface area contributed by atoms with Gasteiger partial charge in [-0.25, -0.2) is 0 Å². The third-order valence-corrected chi connectivity index (χ3v) is 8.07.